The van der Waals surface area contributed by atoms with Gasteiger partial charge >= 0.3 is 0 Å². The highest BCUT2D eigenvalue weighted by Gasteiger charge is 2.22. The first-order valence-corrected chi connectivity index (χ1v) is 6.88. The van der Waals surface area contributed by atoms with Crippen molar-refractivity contribution in [1.29, 1.82) is 0 Å². The number of Topliss-reactive ketones (excluding diaryl/α,β-unsaturated/α-hetero) is 1. The summed E-state index contributed by atoms with van der Waals surface area (Å²) in [6, 6.07) is 10.0. The van der Waals surface area contributed by atoms with Crippen LogP contribution in [-0.4, -0.2) is 37.1 Å². The monoisotopic (exact) mass is 270 g/mol. The number of anilines is 1. The smallest absolute Gasteiger partial charge is 0.164 e. The van der Waals surface area contributed by atoms with Gasteiger partial charge in [0.05, 0.1) is 18.8 Å². The maximum absolute atomic E-state index is 12.1. The zero-order valence-electron chi connectivity index (χ0n) is 11.6. The van der Waals surface area contributed by atoms with Crippen LogP contribution in [0.4, 0.5) is 5.82 Å². The minimum atomic E-state index is 0.0894. The number of carbonyl (C=O) groups excluding carboxylic acids is 1. The Bertz CT molecular complexity index is 598. The van der Waals surface area contributed by atoms with E-state index >= 15 is 0 Å². The lowest BCUT2D eigenvalue weighted by molar-refractivity contribution is 0.101. The second-order valence-corrected chi connectivity index (χ2v) is 4.95. The van der Waals surface area contributed by atoms with Gasteiger partial charge in [0.2, 0.25) is 0 Å². The highest BCUT2D eigenvalue weighted by Crippen LogP contribution is 2.31. The van der Waals surface area contributed by atoms with E-state index in [0.717, 1.165) is 35.6 Å². The number of nitrogens with one attached hydrogen (secondary N) is 1. The molecule has 104 valence electrons. The summed E-state index contributed by atoms with van der Waals surface area (Å²) in [5.74, 6) is 1.01. The van der Waals surface area contributed by atoms with E-state index in [0.29, 0.717) is 13.2 Å². The highest BCUT2D eigenvalue weighted by atomic mass is 16.5. The van der Waals surface area contributed by atoms with E-state index in [2.05, 4.69) is 9.88 Å². The van der Waals surface area contributed by atoms with Gasteiger partial charge in [-0.15, -0.1) is 0 Å². The fourth-order valence-corrected chi connectivity index (χ4v) is 2.65. The Morgan fingerprint density at radius 1 is 1.20 bits per heavy atom. The molecule has 0 unspecified atom stereocenters. The Morgan fingerprint density at radius 3 is 2.55 bits per heavy atom. The third-order valence-electron chi connectivity index (χ3n) is 3.62. The summed E-state index contributed by atoms with van der Waals surface area (Å²) in [6.07, 6.45) is 1.93. The van der Waals surface area contributed by atoms with Crippen molar-refractivity contribution in [3.05, 3.63) is 42.1 Å². The summed E-state index contributed by atoms with van der Waals surface area (Å²) >= 11 is 0. The molecule has 20 heavy (non-hydrogen) atoms. The fourth-order valence-electron chi connectivity index (χ4n) is 2.65. The lowest BCUT2D eigenvalue weighted by Gasteiger charge is -2.28. The first-order chi connectivity index (χ1) is 9.77. The lowest BCUT2D eigenvalue weighted by atomic mass is 10.0. The predicted molar refractivity (Wildman–Crippen MR) is 79.3 cm³/mol. The average Bonchev–Trinajstić information content (AvgIpc) is 2.94. The minimum absolute atomic E-state index is 0.0894. The van der Waals surface area contributed by atoms with E-state index < -0.39 is 0 Å². The van der Waals surface area contributed by atoms with Crippen molar-refractivity contribution < 1.29 is 9.53 Å². The van der Waals surface area contributed by atoms with E-state index in [4.69, 9.17) is 4.74 Å². The minimum Gasteiger partial charge on any atom is -0.378 e. The number of aromatic amines is 1. The van der Waals surface area contributed by atoms with Gasteiger partial charge in [-0.1, -0.05) is 30.3 Å². The number of hydrogen-bond acceptors (Lipinski definition) is 3. The van der Waals surface area contributed by atoms with Gasteiger partial charge in [-0.2, -0.15) is 0 Å². The number of aromatic nitrogens is 1. The van der Waals surface area contributed by atoms with Crippen LogP contribution in [0.5, 0.6) is 0 Å². The zero-order chi connectivity index (χ0) is 13.9. The maximum Gasteiger partial charge on any atom is 0.164 e. The van der Waals surface area contributed by atoms with Crippen LogP contribution in [0.1, 0.15) is 17.3 Å². The number of H-pyrrole nitrogens is 1. The van der Waals surface area contributed by atoms with Crippen molar-refractivity contribution in [3.8, 4) is 11.1 Å². The van der Waals surface area contributed by atoms with Crippen LogP contribution in [0.2, 0.25) is 0 Å². The molecule has 1 aliphatic rings. The van der Waals surface area contributed by atoms with Crippen molar-refractivity contribution in [3.63, 3.8) is 0 Å². The van der Waals surface area contributed by atoms with Crippen molar-refractivity contribution in [1.82, 2.24) is 4.98 Å². The summed E-state index contributed by atoms with van der Waals surface area (Å²) in [5, 5.41) is 0. The molecule has 3 rings (SSSR count). The van der Waals surface area contributed by atoms with Gasteiger partial charge in [0.15, 0.2) is 5.78 Å². The fraction of sp³-hybridized carbons (Fsp3) is 0.312. The quantitative estimate of drug-likeness (QED) is 0.872. The summed E-state index contributed by atoms with van der Waals surface area (Å²) in [4.78, 5) is 17.5. The van der Waals surface area contributed by atoms with Crippen molar-refractivity contribution in [2.45, 2.75) is 6.92 Å². The molecule has 1 N–H and O–H groups in total. The number of ether oxygens (including phenoxy) is 1. The van der Waals surface area contributed by atoms with Gasteiger partial charge in [-0.05, 0) is 12.5 Å². The zero-order valence-corrected chi connectivity index (χ0v) is 11.6. The van der Waals surface area contributed by atoms with E-state index in [1.165, 1.54) is 0 Å². The van der Waals surface area contributed by atoms with Gasteiger partial charge in [0.25, 0.3) is 0 Å². The topological polar surface area (TPSA) is 45.3 Å². The normalized spacial score (nSPS) is 15.3. The van der Waals surface area contributed by atoms with Crippen LogP contribution in [0.15, 0.2) is 36.5 Å². The van der Waals surface area contributed by atoms with Crippen molar-refractivity contribution in [2.24, 2.45) is 0 Å². The number of benzene rings is 1. The van der Waals surface area contributed by atoms with Gasteiger partial charge in [-0.25, -0.2) is 0 Å². The van der Waals surface area contributed by atoms with Crippen molar-refractivity contribution >= 4 is 11.6 Å². The van der Waals surface area contributed by atoms with Crippen LogP contribution in [-0.2, 0) is 4.74 Å². The molecular weight excluding hydrogens is 252 g/mol. The van der Waals surface area contributed by atoms with Gasteiger partial charge in [-0.3, -0.25) is 4.79 Å². The van der Waals surface area contributed by atoms with Crippen LogP contribution in [0.3, 0.4) is 0 Å². The Kier molecular flexibility index (Phi) is 3.56. The standard InChI is InChI=1S/C16H18N2O2/c1-12(19)15-14(13-5-3-2-4-6-13)11-17-16(15)18-7-9-20-10-8-18/h2-6,11,17H,7-10H2,1H3. The Hall–Kier alpha value is -2.07. The average molecular weight is 270 g/mol. The predicted octanol–water partition coefficient (Wildman–Crippen LogP) is 2.72. The number of hydrogen-bond donors (Lipinski definition) is 1. The molecule has 2 heterocycles. The maximum atomic E-state index is 12.1. The molecule has 1 aliphatic heterocycles. The van der Waals surface area contributed by atoms with E-state index in [1.54, 1.807) is 6.92 Å². The molecule has 2 aromatic rings. The number of ketones is 1. The SMILES string of the molecule is CC(=O)c1c(-c2ccccc2)c[nH]c1N1CCOCC1. The Labute approximate surface area is 118 Å². The van der Waals surface area contributed by atoms with Crippen LogP contribution in [0.25, 0.3) is 11.1 Å². The van der Waals surface area contributed by atoms with Crippen LogP contribution < -0.4 is 4.90 Å². The van der Waals surface area contributed by atoms with Gasteiger partial charge < -0.3 is 14.6 Å². The summed E-state index contributed by atoms with van der Waals surface area (Å²) in [7, 11) is 0. The van der Waals surface area contributed by atoms with Crippen LogP contribution >= 0.6 is 0 Å². The molecule has 1 aromatic carbocycles. The molecule has 1 aromatic heterocycles. The first-order valence-electron chi connectivity index (χ1n) is 6.88. The van der Waals surface area contributed by atoms with Crippen molar-refractivity contribution in [2.75, 3.05) is 31.2 Å². The molecule has 0 bridgehead atoms. The Morgan fingerprint density at radius 2 is 1.90 bits per heavy atom. The number of nitrogens with zero attached hydrogens (tertiary/aromatic N) is 1. The molecule has 0 spiro atoms. The molecule has 4 nitrogen and oxygen atoms in total. The largest absolute Gasteiger partial charge is 0.378 e. The number of rotatable bonds is 3. The number of carbonyl (C=O) groups is 1. The molecule has 0 atom stereocenters. The molecule has 0 aliphatic carbocycles. The molecule has 4 heteroatoms. The van der Waals surface area contributed by atoms with E-state index in [1.807, 2.05) is 36.5 Å². The van der Waals surface area contributed by atoms with E-state index in [9.17, 15) is 4.79 Å². The molecule has 0 saturated carbocycles. The second kappa shape index (κ2) is 5.51. The van der Waals surface area contributed by atoms with Gasteiger partial charge in [0, 0.05) is 24.8 Å². The summed E-state index contributed by atoms with van der Waals surface area (Å²) in [6.45, 7) is 4.66. The highest BCUT2D eigenvalue weighted by molar-refractivity contribution is 6.05. The molecule has 0 radical (unpaired) electrons. The molecule has 0 amide bonds. The Balaban J connectivity index is 2.04. The van der Waals surface area contributed by atoms with Crippen LogP contribution in [0, 0.1) is 0 Å². The molecule has 1 fully saturated rings. The first kappa shape index (κ1) is 12.9. The second-order valence-electron chi connectivity index (χ2n) is 4.95. The summed E-state index contributed by atoms with van der Waals surface area (Å²) < 4.78 is 5.37. The molecule has 1 saturated heterocycles. The number of morpholine rings is 1. The van der Waals surface area contributed by atoms with Gasteiger partial charge in [0.1, 0.15) is 5.82 Å². The summed E-state index contributed by atoms with van der Waals surface area (Å²) in [5.41, 5.74) is 2.81. The third kappa shape index (κ3) is 2.34. The van der Waals surface area contributed by atoms with E-state index in [-0.39, 0.29) is 5.78 Å². The molecular formula is C16H18N2O2. The lowest BCUT2D eigenvalue weighted by Crippen LogP contribution is -2.37. The third-order valence-corrected chi connectivity index (χ3v) is 3.62.